The molecule has 0 saturated carbocycles. The van der Waals surface area contributed by atoms with Crippen molar-refractivity contribution in [2.75, 3.05) is 0 Å². The van der Waals surface area contributed by atoms with Crippen LogP contribution in [0.15, 0.2) is 24.3 Å². The molecule has 16 heavy (non-hydrogen) atoms. The van der Waals surface area contributed by atoms with E-state index in [0.29, 0.717) is 0 Å². The highest BCUT2D eigenvalue weighted by atomic mass is 32.1. The normalized spacial score (nSPS) is 11.1. The number of nitrogens with zero attached hydrogens (tertiary/aromatic N) is 4. The highest BCUT2D eigenvalue weighted by Gasteiger charge is 2.09. The zero-order valence-corrected chi connectivity index (χ0v) is 9.27. The van der Waals surface area contributed by atoms with E-state index in [1.165, 1.54) is 11.3 Å². The van der Waals surface area contributed by atoms with Crippen molar-refractivity contribution in [1.82, 2.24) is 19.8 Å². The van der Waals surface area contributed by atoms with Crippen LogP contribution in [-0.4, -0.2) is 24.9 Å². The van der Waals surface area contributed by atoms with E-state index in [2.05, 4.69) is 15.3 Å². The van der Waals surface area contributed by atoms with Crippen LogP contribution < -0.4 is 0 Å². The topological polar surface area (TPSA) is 63.3 Å². The molecule has 0 aliphatic carbocycles. The molecule has 1 N–H and O–H groups in total. The molecule has 0 radical (unpaired) electrons. The van der Waals surface area contributed by atoms with Gasteiger partial charge in [0.15, 0.2) is 5.82 Å². The molecule has 0 spiro atoms. The van der Waals surface area contributed by atoms with E-state index in [1.807, 2.05) is 19.1 Å². The summed E-state index contributed by atoms with van der Waals surface area (Å²) in [5.74, 6) is 1.03. The van der Waals surface area contributed by atoms with Crippen molar-refractivity contribution >= 4 is 16.3 Å². The molecule has 0 aliphatic heterocycles. The molecule has 6 heteroatoms. The number of hydrogen-bond acceptors (Lipinski definition) is 5. The van der Waals surface area contributed by atoms with Crippen molar-refractivity contribution in [1.29, 1.82) is 0 Å². The molecule has 0 unspecified atom stereocenters. The monoisotopic (exact) mass is 232 g/mol. The van der Waals surface area contributed by atoms with Crippen LogP contribution >= 0.6 is 11.3 Å². The summed E-state index contributed by atoms with van der Waals surface area (Å²) in [6.45, 7) is 1.86. The molecule has 2 aromatic heterocycles. The summed E-state index contributed by atoms with van der Waals surface area (Å²) in [6.07, 6.45) is 0. The van der Waals surface area contributed by atoms with Gasteiger partial charge in [0, 0.05) is 5.56 Å². The Labute approximate surface area is 95.0 Å². The minimum atomic E-state index is 0.253. The lowest BCUT2D eigenvalue weighted by molar-refractivity contribution is 0.475. The summed E-state index contributed by atoms with van der Waals surface area (Å²) in [4.78, 5) is 0.778. The molecule has 1 aromatic carbocycles. The van der Waals surface area contributed by atoms with Crippen molar-refractivity contribution in [3.05, 3.63) is 30.1 Å². The fourth-order valence-corrected chi connectivity index (χ4v) is 2.33. The number of aromatic nitrogens is 4. The van der Waals surface area contributed by atoms with Crippen LogP contribution in [0.4, 0.5) is 0 Å². The summed E-state index contributed by atoms with van der Waals surface area (Å²) in [7, 11) is 0. The molecule has 3 rings (SSSR count). The number of phenols is 1. The Morgan fingerprint density at radius 2 is 1.94 bits per heavy atom. The molecule has 0 aliphatic rings. The number of phenolic OH excluding ortho intramolecular Hbond substituents is 1. The lowest BCUT2D eigenvalue weighted by Crippen LogP contribution is -1.88. The van der Waals surface area contributed by atoms with Crippen molar-refractivity contribution in [3.8, 4) is 16.3 Å². The van der Waals surface area contributed by atoms with Gasteiger partial charge < -0.3 is 5.11 Å². The van der Waals surface area contributed by atoms with Gasteiger partial charge in [0.05, 0.1) is 0 Å². The molecule has 2 heterocycles. The van der Waals surface area contributed by atoms with E-state index in [0.717, 1.165) is 21.4 Å². The number of hydrogen-bond donors (Lipinski definition) is 1. The molecule has 80 valence electrons. The lowest BCUT2D eigenvalue weighted by Gasteiger charge is -1.94. The summed E-state index contributed by atoms with van der Waals surface area (Å²) in [5.41, 5.74) is 0.965. The Balaban J connectivity index is 2.15. The van der Waals surface area contributed by atoms with Gasteiger partial charge in [0.25, 0.3) is 0 Å². The van der Waals surface area contributed by atoms with Crippen molar-refractivity contribution in [3.63, 3.8) is 0 Å². The van der Waals surface area contributed by atoms with Gasteiger partial charge in [-0.1, -0.05) is 11.3 Å². The van der Waals surface area contributed by atoms with Gasteiger partial charge in [-0.25, -0.2) is 0 Å². The average Bonchev–Trinajstić information content (AvgIpc) is 2.83. The maximum absolute atomic E-state index is 9.20. The van der Waals surface area contributed by atoms with Gasteiger partial charge >= 0.3 is 0 Å². The van der Waals surface area contributed by atoms with E-state index < -0.39 is 0 Å². The summed E-state index contributed by atoms with van der Waals surface area (Å²) in [6, 6.07) is 6.95. The predicted molar refractivity (Wildman–Crippen MR) is 60.5 cm³/mol. The fraction of sp³-hybridized carbons (Fsp3) is 0.100. The standard InChI is InChI=1S/C10H8N4OS/c1-6-11-12-10-14(6)13-9(16-10)7-2-4-8(15)5-3-7/h2-5,15H,1H3. The van der Waals surface area contributed by atoms with E-state index in [9.17, 15) is 5.11 Å². The molecule has 0 bridgehead atoms. The van der Waals surface area contributed by atoms with Crippen molar-refractivity contribution in [2.45, 2.75) is 6.92 Å². The fourth-order valence-electron chi connectivity index (χ4n) is 1.44. The molecule has 5 nitrogen and oxygen atoms in total. The summed E-state index contributed by atoms with van der Waals surface area (Å²) < 4.78 is 1.72. The zero-order chi connectivity index (χ0) is 11.1. The van der Waals surface area contributed by atoms with Gasteiger partial charge in [-0.3, -0.25) is 0 Å². The number of aryl methyl sites for hydroxylation is 1. The maximum Gasteiger partial charge on any atom is 0.234 e. The Morgan fingerprint density at radius 1 is 1.19 bits per heavy atom. The van der Waals surface area contributed by atoms with Crippen molar-refractivity contribution < 1.29 is 5.11 Å². The minimum Gasteiger partial charge on any atom is -0.508 e. The Morgan fingerprint density at radius 3 is 2.62 bits per heavy atom. The van der Waals surface area contributed by atoms with Crippen LogP contribution in [0.25, 0.3) is 15.5 Å². The summed E-state index contributed by atoms with van der Waals surface area (Å²) in [5, 5.41) is 22.4. The molecule has 0 amide bonds. The molecule has 3 aromatic rings. The van der Waals surface area contributed by atoms with Crippen LogP contribution in [-0.2, 0) is 0 Å². The van der Waals surface area contributed by atoms with Gasteiger partial charge in [-0.05, 0) is 31.2 Å². The van der Waals surface area contributed by atoms with Crippen LogP contribution in [0.3, 0.4) is 0 Å². The van der Waals surface area contributed by atoms with Gasteiger partial charge in [-0.2, -0.15) is 9.61 Å². The smallest absolute Gasteiger partial charge is 0.234 e. The second kappa shape index (κ2) is 3.28. The Bertz CT molecular complexity index is 640. The van der Waals surface area contributed by atoms with E-state index >= 15 is 0 Å². The Kier molecular flexibility index (Phi) is 1.90. The first-order valence-electron chi connectivity index (χ1n) is 4.72. The van der Waals surface area contributed by atoms with E-state index in [1.54, 1.807) is 16.6 Å². The number of rotatable bonds is 1. The Hall–Kier alpha value is -1.95. The van der Waals surface area contributed by atoms with Gasteiger partial charge in [0.1, 0.15) is 10.8 Å². The zero-order valence-electron chi connectivity index (χ0n) is 8.45. The number of benzene rings is 1. The third kappa shape index (κ3) is 1.35. The molecular formula is C10H8N4OS. The second-order valence-electron chi connectivity index (χ2n) is 3.40. The van der Waals surface area contributed by atoms with Gasteiger partial charge in [-0.15, -0.1) is 10.2 Å². The average molecular weight is 232 g/mol. The molecule has 0 fully saturated rings. The highest BCUT2D eigenvalue weighted by molar-refractivity contribution is 7.19. The summed E-state index contributed by atoms with van der Waals surface area (Å²) >= 11 is 1.47. The van der Waals surface area contributed by atoms with E-state index in [4.69, 9.17) is 0 Å². The molecule has 0 atom stereocenters. The maximum atomic E-state index is 9.20. The minimum absolute atomic E-state index is 0.253. The van der Waals surface area contributed by atoms with Crippen molar-refractivity contribution in [2.24, 2.45) is 0 Å². The predicted octanol–water partition coefficient (Wildman–Crippen LogP) is 1.87. The largest absolute Gasteiger partial charge is 0.508 e. The quantitative estimate of drug-likeness (QED) is 0.695. The van der Waals surface area contributed by atoms with Gasteiger partial charge in [0.2, 0.25) is 4.96 Å². The van der Waals surface area contributed by atoms with E-state index in [-0.39, 0.29) is 5.75 Å². The lowest BCUT2D eigenvalue weighted by atomic mass is 10.2. The SMILES string of the molecule is Cc1nnc2sc(-c3ccc(O)cc3)nn12. The molecule has 0 saturated heterocycles. The third-order valence-corrected chi connectivity index (χ3v) is 3.21. The van der Waals surface area contributed by atoms with Crippen LogP contribution in [0.2, 0.25) is 0 Å². The second-order valence-corrected chi connectivity index (χ2v) is 4.35. The number of aromatic hydroxyl groups is 1. The van der Waals surface area contributed by atoms with Crippen LogP contribution in [0.1, 0.15) is 5.82 Å². The first-order valence-corrected chi connectivity index (χ1v) is 5.54. The first-order chi connectivity index (χ1) is 7.74. The molecular weight excluding hydrogens is 224 g/mol. The first kappa shape index (κ1) is 9.29. The third-order valence-electron chi connectivity index (χ3n) is 2.26. The number of fused-ring (bicyclic) bond motifs is 1. The highest BCUT2D eigenvalue weighted by Crippen LogP contribution is 2.26. The van der Waals surface area contributed by atoms with Crippen LogP contribution in [0.5, 0.6) is 5.75 Å². The van der Waals surface area contributed by atoms with Crippen LogP contribution in [0, 0.1) is 6.92 Å².